The molecule has 0 saturated heterocycles. The van der Waals surface area contributed by atoms with Gasteiger partial charge in [-0.15, -0.1) is 0 Å². The first-order valence-electron chi connectivity index (χ1n) is 5.41. The third-order valence-corrected chi connectivity index (χ3v) is 2.01. The maximum Gasteiger partial charge on any atom is 0.205 e. The van der Waals surface area contributed by atoms with E-state index in [1.54, 1.807) is 6.08 Å². The van der Waals surface area contributed by atoms with Crippen molar-refractivity contribution in [3.05, 3.63) is 36.6 Å². The molecule has 0 fully saturated rings. The molecule has 0 aromatic carbocycles. The highest BCUT2D eigenvalue weighted by atomic mass is 15.3. The summed E-state index contributed by atoms with van der Waals surface area (Å²) in [5.41, 5.74) is 6.04. The molecule has 1 heterocycles. The summed E-state index contributed by atoms with van der Waals surface area (Å²) >= 11 is 0. The molecule has 0 aromatic rings. The molecule has 0 amide bonds. The van der Waals surface area contributed by atoms with Crippen LogP contribution in [-0.2, 0) is 0 Å². The van der Waals surface area contributed by atoms with Crippen LogP contribution in [0.4, 0.5) is 0 Å². The number of guanidine groups is 2. The fourth-order valence-electron chi connectivity index (χ4n) is 1.35. The molecular weight excluding hydrogens is 214 g/mol. The van der Waals surface area contributed by atoms with E-state index in [0.717, 1.165) is 5.70 Å². The van der Waals surface area contributed by atoms with E-state index < -0.39 is 5.66 Å². The molecule has 0 atom stereocenters. The van der Waals surface area contributed by atoms with Gasteiger partial charge in [0.25, 0.3) is 0 Å². The summed E-state index contributed by atoms with van der Waals surface area (Å²) in [5.74, 6) is 0.944. The van der Waals surface area contributed by atoms with Crippen LogP contribution in [-0.4, -0.2) is 17.6 Å². The molecule has 0 spiro atoms. The van der Waals surface area contributed by atoms with Crippen molar-refractivity contribution in [3.8, 4) is 0 Å². The van der Waals surface area contributed by atoms with Gasteiger partial charge in [-0.05, 0) is 26.8 Å². The van der Waals surface area contributed by atoms with Gasteiger partial charge in [0.15, 0.2) is 11.6 Å². The summed E-state index contributed by atoms with van der Waals surface area (Å²) in [6, 6.07) is 0. The number of rotatable bonds is 3. The second kappa shape index (κ2) is 5.34. The number of nitrogens with two attached hydrogens (primary N) is 1. The lowest BCUT2D eigenvalue weighted by Crippen LogP contribution is -2.49. The van der Waals surface area contributed by atoms with E-state index in [2.05, 4.69) is 27.2 Å². The van der Waals surface area contributed by atoms with Crippen molar-refractivity contribution < 1.29 is 0 Å². The summed E-state index contributed by atoms with van der Waals surface area (Å²) in [6.07, 6.45) is 7.38. The Balaban J connectivity index is 2.79. The quantitative estimate of drug-likeness (QED) is 0.642. The SMILES string of the molecule is C=C/C=C\C(=C/C)NC1=NC(C)(C)N=C(N)N1. The van der Waals surface area contributed by atoms with Gasteiger partial charge >= 0.3 is 0 Å². The van der Waals surface area contributed by atoms with Crippen molar-refractivity contribution in [2.75, 3.05) is 0 Å². The molecule has 1 aliphatic rings. The highest BCUT2D eigenvalue weighted by Crippen LogP contribution is 2.12. The molecule has 1 aliphatic heterocycles. The molecule has 1 rings (SSSR count). The average molecular weight is 233 g/mol. The molecule has 0 aliphatic carbocycles. The van der Waals surface area contributed by atoms with Crippen LogP contribution in [0.1, 0.15) is 20.8 Å². The Morgan fingerprint density at radius 1 is 1.47 bits per heavy atom. The molecule has 17 heavy (non-hydrogen) atoms. The molecule has 0 bridgehead atoms. The lowest BCUT2D eigenvalue weighted by Gasteiger charge is -2.24. The number of hydrogen-bond donors (Lipinski definition) is 3. The highest BCUT2D eigenvalue weighted by molar-refractivity contribution is 6.00. The Kier molecular flexibility index (Phi) is 4.09. The zero-order valence-electron chi connectivity index (χ0n) is 10.5. The van der Waals surface area contributed by atoms with Crippen LogP contribution in [0.5, 0.6) is 0 Å². The molecule has 4 N–H and O–H groups in total. The van der Waals surface area contributed by atoms with Crippen LogP contribution in [0.15, 0.2) is 46.6 Å². The van der Waals surface area contributed by atoms with E-state index in [9.17, 15) is 0 Å². The minimum absolute atomic E-state index is 0.357. The van der Waals surface area contributed by atoms with Gasteiger partial charge in [-0.3, -0.25) is 5.32 Å². The minimum atomic E-state index is -0.543. The Labute approximate surface area is 102 Å². The maximum atomic E-state index is 5.68. The smallest absolute Gasteiger partial charge is 0.205 e. The molecule has 5 heteroatoms. The maximum absolute atomic E-state index is 5.68. The normalized spacial score (nSPS) is 19.4. The number of nitrogens with one attached hydrogen (secondary N) is 2. The predicted octanol–water partition coefficient (Wildman–Crippen LogP) is 1.23. The van der Waals surface area contributed by atoms with E-state index in [0.29, 0.717) is 11.9 Å². The standard InChI is InChI=1S/C12H19N5/c1-5-7-8-9(6-2)14-11-15-10(13)16-12(3,4)17-11/h5-8H,1H2,2-4H3,(H4,13,14,15,16,17)/b8-7-,9-6+. The lowest BCUT2D eigenvalue weighted by atomic mass is 10.2. The van der Waals surface area contributed by atoms with E-state index in [4.69, 9.17) is 5.73 Å². The topological polar surface area (TPSA) is 74.8 Å². The van der Waals surface area contributed by atoms with Crippen molar-refractivity contribution in [2.24, 2.45) is 15.7 Å². The summed E-state index contributed by atoms with van der Waals surface area (Å²) in [4.78, 5) is 8.55. The fraction of sp³-hybridized carbons (Fsp3) is 0.333. The minimum Gasteiger partial charge on any atom is -0.370 e. The van der Waals surface area contributed by atoms with Gasteiger partial charge in [-0.2, -0.15) is 0 Å². The third kappa shape index (κ3) is 4.14. The zero-order valence-corrected chi connectivity index (χ0v) is 10.5. The fourth-order valence-corrected chi connectivity index (χ4v) is 1.35. The van der Waals surface area contributed by atoms with Gasteiger partial charge in [0, 0.05) is 5.70 Å². The van der Waals surface area contributed by atoms with E-state index in [-0.39, 0.29) is 0 Å². The Morgan fingerprint density at radius 2 is 2.18 bits per heavy atom. The lowest BCUT2D eigenvalue weighted by molar-refractivity contribution is 0.537. The van der Waals surface area contributed by atoms with Crippen molar-refractivity contribution in [2.45, 2.75) is 26.4 Å². The third-order valence-electron chi connectivity index (χ3n) is 2.01. The van der Waals surface area contributed by atoms with Gasteiger partial charge in [-0.1, -0.05) is 24.8 Å². The monoisotopic (exact) mass is 233 g/mol. The first kappa shape index (κ1) is 13.0. The second-order valence-corrected chi connectivity index (χ2v) is 4.04. The largest absolute Gasteiger partial charge is 0.370 e. The van der Waals surface area contributed by atoms with Crippen LogP contribution in [0, 0.1) is 0 Å². The molecule has 92 valence electrons. The highest BCUT2D eigenvalue weighted by Gasteiger charge is 2.21. The van der Waals surface area contributed by atoms with Gasteiger partial charge in [0.2, 0.25) is 5.96 Å². The van der Waals surface area contributed by atoms with Crippen molar-refractivity contribution >= 4 is 11.9 Å². The number of hydrogen-bond acceptors (Lipinski definition) is 5. The Morgan fingerprint density at radius 3 is 2.71 bits per heavy atom. The molecule has 0 saturated carbocycles. The van der Waals surface area contributed by atoms with Crippen molar-refractivity contribution in [1.82, 2.24) is 10.6 Å². The second-order valence-electron chi connectivity index (χ2n) is 4.04. The first-order chi connectivity index (χ1) is 7.96. The molecule has 0 radical (unpaired) electrons. The molecular formula is C12H19N5. The summed E-state index contributed by atoms with van der Waals surface area (Å²) in [7, 11) is 0. The van der Waals surface area contributed by atoms with Crippen LogP contribution in [0.3, 0.4) is 0 Å². The average Bonchev–Trinajstić information content (AvgIpc) is 2.21. The molecule has 0 aromatic heterocycles. The number of aliphatic imine (C=N–C) groups is 2. The van der Waals surface area contributed by atoms with E-state index in [1.165, 1.54) is 0 Å². The van der Waals surface area contributed by atoms with Crippen LogP contribution < -0.4 is 16.4 Å². The Bertz CT molecular complexity index is 413. The predicted molar refractivity (Wildman–Crippen MR) is 72.5 cm³/mol. The Hall–Kier alpha value is -2.04. The van der Waals surface area contributed by atoms with Gasteiger partial charge in [0.05, 0.1) is 0 Å². The van der Waals surface area contributed by atoms with E-state index in [1.807, 2.05) is 39.0 Å². The number of allylic oxidation sites excluding steroid dienone is 4. The van der Waals surface area contributed by atoms with E-state index >= 15 is 0 Å². The molecule has 5 nitrogen and oxygen atoms in total. The van der Waals surface area contributed by atoms with Gasteiger partial charge in [-0.25, -0.2) is 9.98 Å². The molecule has 0 unspecified atom stereocenters. The van der Waals surface area contributed by atoms with Gasteiger partial charge < -0.3 is 11.1 Å². The summed E-state index contributed by atoms with van der Waals surface area (Å²) in [6.45, 7) is 9.33. The zero-order chi connectivity index (χ0) is 12.9. The van der Waals surface area contributed by atoms with Crippen molar-refractivity contribution in [1.29, 1.82) is 0 Å². The summed E-state index contributed by atoms with van der Waals surface area (Å²) in [5, 5.41) is 6.01. The van der Waals surface area contributed by atoms with Crippen LogP contribution in [0.2, 0.25) is 0 Å². The van der Waals surface area contributed by atoms with Crippen LogP contribution >= 0.6 is 0 Å². The van der Waals surface area contributed by atoms with Crippen LogP contribution in [0.25, 0.3) is 0 Å². The number of nitrogens with zero attached hydrogens (tertiary/aromatic N) is 2. The van der Waals surface area contributed by atoms with Gasteiger partial charge in [0.1, 0.15) is 0 Å². The summed E-state index contributed by atoms with van der Waals surface area (Å²) < 4.78 is 0. The first-order valence-corrected chi connectivity index (χ1v) is 5.41. The van der Waals surface area contributed by atoms with Crippen molar-refractivity contribution in [3.63, 3.8) is 0 Å².